The number of rotatable bonds is 3. The quantitative estimate of drug-likeness (QED) is 0.620. The average molecular weight is 390 g/mol. The highest BCUT2D eigenvalue weighted by atomic mass is 32.1. The molecule has 1 heterocycles. The average Bonchev–Trinajstić information content (AvgIpc) is 2.79. The summed E-state index contributed by atoms with van der Waals surface area (Å²) < 4.78 is 102. The summed E-state index contributed by atoms with van der Waals surface area (Å²) in [6.07, 6.45) is -11.9. The lowest BCUT2D eigenvalue weighted by Gasteiger charge is -2.18. The van der Waals surface area contributed by atoms with Gasteiger partial charge in [0, 0.05) is 4.88 Å². The number of carboxylic acids is 1. The molecule has 0 bridgehead atoms. The van der Waals surface area contributed by atoms with Gasteiger partial charge in [0.2, 0.25) is 0 Å². The van der Waals surface area contributed by atoms with Crippen molar-refractivity contribution in [1.82, 2.24) is 0 Å². The topological polar surface area (TPSA) is 84.9 Å². The molecule has 0 atom stereocenters. The number of halogens is 8. The maximum Gasteiger partial charge on any atom is 0.458 e. The van der Waals surface area contributed by atoms with Crippen LogP contribution in [0.2, 0.25) is 0 Å². The SMILES string of the molecule is N#Cc1c(/C=C(/C(=O)O)C(F)(F)F)sc(C(F)(F)C(F)(F)F)c1C#N. The molecule has 0 aliphatic heterocycles. The first-order valence-corrected chi connectivity index (χ1v) is 6.44. The van der Waals surface area contributed by atoms with Crippen molar-refractivity contribution < 1.29 is 45.0 Å². The van der Waals surface area contributed by atoms with Crippen molar-refractivity contribution in [2.24, 2.45) is 0 Å². The van der Waals surface area contributed by atoms with Crippen LogP contribution in [-0.2, 0) is 10.7 Å². The Morgan fingerprint density at radius 3 is 1.80 bits per heavy atom. The third kappa shape index (κ3) is 3.71. The van der Waals surface area contributed by atoms with Gasteiger partial charge in [0.05, 0.1) is 11.1 Å². The molecule has 0 aromatic carbocycles. The summed E-state index contributed by atoms with van der Waals surface area (Å²) in [6.45, 7) is 0. The van der Waals surface area contributed by atoms with Crippen LogP contribution in [0.1, 0.15) is 20.9 Å². The summed E-state index contributed by atoms with van der Waals surface area (Å²) >= 11 is -0.624. The van der Waals surface area contributed by atoms with Gasteiger partial charge in [-0.25, -0.2) is 4.79 Å². The molecule has 13 heteroatoms. The molecule has 1 N–H and O–H groups in total. The van der Waals surface area contributed by atoms with Crippen molar-refractivity contribution in [3.05, 3.63) is 26.5 Å². The zero-order chi connectivity index (χ0) is 19.8. The third-order valence-electron chi connectivity index (χ3n) is 2.61. The van der Waals surface area contributed by atoms with Gasteiger partial charge in [-0.15, -0.1) is 11.3 Å². The lowest BCUT2D eigenvalue weighted by Crippen LogP contribution is -2.33. The van der Waals surface area contributed by atoms with E-state index in [1.54, 1.807) is 0 Å². The molecule has 0 radical (unpaired) electrons. The first-order chi connectivity index (χ1) is 11.2. The molecule has 0 spiro atoms. The minimum atomic E-state index is -6.18. The molecule has 0 amide bonds. The van der Waals surface area contributed by atoms with Gasteiger partial charge in [-0.2, -0.15) is 45.6 Å². The number of thiophene rings is 1. The zero-order valence-corrected chi connectivity index (χ0v) is 12.1. The minimum Gasteiger partial charge on any atom is -0.478 e. The third-order valence-corrected chi connectivity index (χ3v) is 3.82. The summed E-state index contributed by atoms with van der Waals surface area (Å²) in [5.41, 5.74) is -5.00. The molecule has 1 aromatic rings. The Kier molecular flexibility index (Phi) is 5.16. The summed E-state index contributed by atoms with van der Waals surface area (Å²) in [5.74, 6) is -8.17. The van der Waals surface area contributed by atoms with E-state index in [0.717, 1.165) is 12.1 Å². The van der Waals surface area contributed by atoms with Crippen LogP contribution < -0.4 is 0 Å². The van der Waals surface area contributed by atoms with Crippen molar-refractivity contribution in [2.75, 3.05) is 0 Å². The van der Waals surface area contributed by atoms with Crippen LogP contribution in [0.3, 0.4) is 0 Å². The first-order valence-electron chi connectivity index (χ1n) is 5.62. The maximum atomic E-state index is 13.4. The highest BCUT2D eigenvalue weighted by molar-refractivity contribution is 7.13. The second kappa shape index (κ2) is 6.33. The van der Waals surface area contributed by atoms with Gasteiger partial charge in [0.15, 0.2) is 0 Å². The number of carboxylic acid groups (broad SMARTS) is 1. The molecule has 134 valence electrons. The molecule has 0 unspecified atom stereocenters. The van der Waals surface area contributed by atoms with E-state index in [2.05, 4.69) is 0 Å². The molecule has 1 rings (SSSR count). The number of carbonyl (C=O) groups is 1. The molecular formula is C12H2F8N2O2S. The second-order valence-corrected chi connectivity index (χ2v) is 5.25. The van der Waals surface area contributed by atoms with E-state index in [-0.39, 0.29) is 6.08 Å². The van der Waals surface area contributed by atoms with Gasteiger partial charge >= 0.3 is 24.2 Å². The highest BCUT2D eigenvalue weighted by Crippen LogP contribution is 2.49. The van der Waals surface area contributed by atoms with Gasteiger partial charge in [-0.3, -0.25) is 0 Å². The van der Waals surface area contributed by atoms with E-state index in [4.69, 9.17) is 15.6 Å². The molecule has 1 aromatic heterocycles. The molecule has 0 saturated heterocycles. The fourth-order valence-electron chi connectivity index (χ4n) is 1.51. The summed E-state index contributed by atoms with van der Waals surface area (Å²) in [4.78, 5) is 7.45. The van der Waals surface area contributed by atoms with Crippen LogP contribution in [0, 0.1) is 22.7 Å². The molecule has 25 heavy (non-hydrogen) atoms. The van der Waals surface area contributed by atoms with Gasteiger partial charge in [-0.1, -0.05) is 0 Å². The number of aliphatic carboxylic acids is 1. The van der Waals surface area contributed by atoms with E-state index in [9.17, 15) is 39.9 Å². The first kappa shape index (κ1) is 20.4. The standard InChI is InChI=1S/C12H2F8N2O2S/c13-10(14,12(18,19)20)8-5(3-22)4(2-21)7(25-8)1-6(9(23)24)11(15,16)17/h1H,(H,23,24)/b6-1-. The predicted molar refractivity (Wildman–Crippen MR) is 65.4 cm³/mol. The van der Waals surface area contributed by atoms with E-state index in [1.807, 2.05) is 0 Å². The summed E-state index contributed by atoms with van der Waals surface area (Å²) in [7, 11) is 0. The number of alkyl halides is 8. The van der Waals surface area contributed by atoms with Crippen LogP contribution >= 0.6 is 11.3 Å². The van der Waals surface area contributed by atoms with E-state index < -0.39 is 62.0 Å². The lowest BCUT2D eigenvalue weighted by molar-refractivity contribution is -0.287. The molecule has 0 aliphatic rings. The fourth-order valence-corrected chi connectivity index (χ4v) is 2.65. The van der Waals surface area contributed by atoms with Gasteiger partial charge in [0.1, 0.15) is 22.6 Å². The highest BCUT2D eigenvalue weighted by Gasteiger charge is 2.61. The van der Waals surface area contributed by atoms with E-state index in [1.165, 1.54) is 0 Å². The Morgan fingerprint density at radius 1 is 1.00 bits per heavy atom. The molecule has 0 fully saturated rings. The van der Waals surface area contributed by atoms with E-state index in [0.29, 0.717) is 0 Å². The number of hydrogen-bond acceptors (Lipinski definition) is 4. The number of nitriles is 2. The fraction of sp³-hybridized carbons (Fsp3) is 0.250. The normalized spacial score (nSPS) is 13.3. The zero-order valence-electron chi connectivity index (χ0n) is 11.3. The number of nitrogens with zero attached hydrogens (tertiary/aromatic N) is 2. The van der Waals surface area contributed by atoms with Crippen LogP contribution in [-0.4, -0.2) is 23.4 Å². The Bertz CT molecular complexity index is 820. The predicted octanol–water partition coefficient (Wildman–Crippen LogP) is 4.18. The van der Waals surface area contributed by atoms with Gasteiger partial charge < -0.3 is 5.11 Å². The van der Waals surface area contributed by atoms with Gasteiger partial charge in [-0.05, 0) is 6.08 Å². The monoisotopic (exact) mass is 390 g/mol. The van der Waals surface area contributed by atoms with Crippen LogP contribution in [0.15, 0.2) is 5.57 Å². The minimum absolute atomic E-state index is 0.275. The Balaban J connectivity index is 3.82. The van der Waals surface area contributed by atoms with Gasteiger partial charge in [0.25, 0.3) is 0 Å². The summed E-state index contributed by atoms with van der Waals surface area (Å²) in [6, 6.07) is 1.94. The molecule has 0 aliphatic carbocycles. The number of hydrogen-bond donors (Lipinski definition) is 1. The second-order valence-electron chi connectivity index (χ2n) is 4.20. The van der Waals surface area contributed by atoms with Crippen molar-refractivity contribution >= 4 is 23.4 Å². The van der Waals surface area contributed by atoms with Crippen LogP contribution in [0.25, 0.3) is 6.08 Å². The largest absolute Gasteiger partial charge is 0.478 e. The van der Waals surface area contributed by atoms with Crippen LogP contribution in [0.4, 0.5) is 35.1 Å². The lowest BCUT2D eigenvalue weighted by atomic mass is 10.1. The molecular weight excluding hydrogens is 388 g/mol. The van der Waals surface area contributed by atoms with Crippen molar-refractivity contribution in [3.8, 4) is 12.1 Å². The smallest absolute Gasteiger partial charge is 0.458 e. The Morgan fingerprint density at radius 2 is 1.48 bits per heavy atom. The van der Waals surface area contributed by atoms with E-state index >= 15 is 0 Å². The Labute approximate surface area is 136 Å². The van der Waals surface area contributed by atoms with Crippen LogP contribution in [0.5, 0.6) is 0 Å². The van der Waals surface area contributed by atoms with Crippen molar-refractivity contribution in [3.63, 3.8) is 0 Å². The summed E-state index contributed by atoms with van der Waals surface area (Å²) in [5, 5.41) is 26.0. The van der Waals surface area contributed by atoms with Crippen molar-refractivity contribution in [2.45, 2.75) is 18.3 Å². The molecule has 4 nitrogen and oxygen atoms in total. The maximum absolute atomic E-state index is 13.4. The molecule has 0 saturated carbocycles. The Hall–Kier alpha value is -2.67. The van der Waals surface area contributed by atoms with Crippen molar-refractivity contribution in [1.29, 1.82) is 10.5 Å².